The molecule has 1 saturated heterocycles. The average molecular weight is 312 g/mol. The minimum absolute atomic E-state index is 0.0811. The van der Waals surface area contributed by atoms with Gasteiger partial charge in [-0.3, -0.25) is 0 Å². The molecule has 3 rings (SSSR count). The van der Waals surface area contributed by atoms with Crippen molar-refractivity contribution in [3.05, 3.63) is 28.2 Å². The van der Waals surface area contributed by atoms with Crippen molar-refractivity contribution in [3.63, 3.8) is 0 Å². The zero-order valence-electron chi connectivity index (χ0n) is 10.5. The van der Waals surface area contributed by atoms with Crippen molar-refractivity contribution in [1.29, 1.82) is 0 Å². The molecule has 1 heterocycles. The highest BCUT2D eigenvalue weighted by Crippen LogP contribution is 2.39. The lowest BCUT2D eigenvalue weighted by Crippen LogP contribution is -2.54. The van der Waals surface area contributed by atoms with Gasteiger partial charge < -0.3 is 14.8 Å². The van der Waals surface area contributed by atoms with Crippen LogP contribution in [0.15, 0.2) is 22.7 Å². The normalized spacial score (nSPS) is 21.4. The number of methoxy groups -OCH3 is 1. The monoisotopic (exact) mass is 311 g/mol. The summed E-state index contributed by atoms with van der Waals surface area (Å²) in [7, 11) is 1.73. The molecule has 1 N–H and O–H groups in total. The van der Waals surface area contributed by atoms with Crippen molar-refractivity contribution < 1.29 is 9.47 Å². The van der Waals surface area contributed by atoms with E-state index < -0.39 is 0 Å². The van der Waals surface area contributed by atoms with Gasteiger partial charge in [0.25, 0.3) is 0 Å². The molecule has 18 heavy (non-hydrogen) atoms. The van der Waals surface area contributed by atoms with E-state index in [0.29, 0.717) is 0 Å². The van der Waals surface area contributed by atoms with Crippen LogP contribution in [0.1, 0.15) is 18.4 Å². The molecule has 1 aliphatic carbocycles. The van der Waals surface area contributed by atoms with E-state index in [0.717, 1.165) is 36.0 Å². The van der Waals surface area contributed by atoms with Gasteiger partial charge in [0.15, 0.2) is 0 Å². The van der Waals surface area contributed by atoms with E-state index in [1.54, 1.807) is 7.11 Å². The molecule has 0 radical (unpaired) electrons. The number of nitrogens with one attached hydrogen (secondary N) is 1. The third-order valence-corrected chi connectivity index (χ3v) is 4.29. The van der Waals surface area contributed by atoms with Crippen molar-refractivity contribution in [2.45, 2.75) is 24.3 Å². The molecule has 1 aliphatic heterocycles. The molecule has 1 aromatic carbocycles. The van der Waals surface area contributed by atoms with Crippen LogP contribution in [0, 0.1) is 0 Å². The molecule has 2 fully saturated rings. The molecule has 1 aromatic rings. The van der Waals surface area contributed by atoms with Gasteiger partial charge in [-0.2, -0.15) is 0 Å². The Labute approximate surface area is 116 Å². The van der Waals surface area contributed by atoms with E-state index in [1.165, 1.54) is 18.4 Å². The second-order valence-corrected chi connectivity index (χ2v) is 6.19. The number of hydrogen-bond acceptors (Lipinski definition) is 3. The molecule has 2 aliphatic rings. The quantitative estimate of drug-likeness (QED) is 0.906. The molecule has 1 saturated carbocycles. The number of rotatable bonds is 5. The minimum Gasteiger partial charge on any atom is -0.496 e. The van der Waals surface area contributed by atoms with E-state index in [4.69, 9.17) is 9.47 Å². The van der Waals surface area contributed by atoms with Crippen LogP contribution < -0.4 is 10.1 Å². The third kappa shape index (κ3) is 2.29. The lowest BCUT2D eigenvalue weighted by molar-refractivity contribution is -0.0600. The van der Waals surface area contributed by atoms with Crippen LogP contribution in [-0.4, -0.2) is 32.9 Å². The van der Waals surface area contributed by atoms with Crippen LogP contribution in [0.4, 0.5) is 0 Å². The zero-order valence-corrected chi connectivity index (χ0v) is 12.1. The van der Waals surface area contributed by atoms with Crippen LogP contribution in [-0.2, 0) is 10.2 Å². The number of halogens is 1. The first-order valence-electron chi connectivity index (χ1n) is 6.39. The fourth-order valence-corrected chi connectivity index (χ4v) is 2.78. The minimum atomic E-state index is 0.0811. The summed E-state index contributed by atoms with van der Waals surface area (Å²) in [6.45, 7) is 2.53. The van der Waals surface area contributed by atoms with Gasteiger partial charge in [-0.15, -0.1) is 0 Å². The van der Waals surface area contributed by atoms with Gasteiger partial charge in [0, 0.05) is 22.6 Å². The first kappa shape index (κ1) is 12.5. The fourth-order valence-electron chi connectivity index (χ4n) is 2.42. The van der Waals surface area contributed by atoms with Crippen LogP contribution in [0.2, 0.25) is 0 Å². The SMILES string of the molecule is COc1ccc(Br)cc1C1(CNC2CC2)COC1. The Balaban J connectivity index is 1.86. The molecular weight excluding hydrogens is 294 g/mol. The lowest BCUT2D eigenvalue weighted by Gasteiger charge is -2.43. The standard InChI is InChI=1S/C14H18BrNO2/c1-17-13-5-2-10(15)6-12(13)14(8-18-9-14)7-16-11-3-4-11/h2,5-6,11,16H,3-4,7-9H2,1H3. The van der Waals surface area contributed by atoms with E-state index in [9.17, 15) is 0 Å². The summed E-state index contributed by atoms with van der Waals surface area (Å²) in [5, 5.41) is 3.62. The molecule has 4 heteroatoms. The van der Waals surface area contributed by atoms with Gasteiger partial charge in [0.05, 0.1) is 25.7 Å². The Morgan fingerprint density at radius 3 is 2.78 bits per heavy atom. The van der Waals surface area contributed by atoms with Gasteiger partial charge in [0.2, 0.25) is 0 Å². The fraction of sp³-hybridized carbons (Fsp3) is 0.571. The van der Waals surface area contributed by atoms with Crippen LogP contribution in [0.5, 0.6) is 5.75 Å². The average Bonchev–Trinajstić information content (AvgIpc) is 3.12. The van der Waals surface area contributed by atoms with E-state index in [2.05, 4.69) is 27.3 Å². The Kier molecular flexibility index (Phi) is 3.34. The van der Waals surface area contributed by atoms with Crippen LogP contribution in [0.25, 0.3) is 0 Å². The molecular formula is C14H18BrNO2. The molecule has 0 amide bonds. The van der Waals surface area contributed by atoms with Gasteiger partial charge in [0.1, 0.15) is 5.75 Å². The maximum atomic E-state index is 5.50. The highest BCUT2D eigenvalue weighted by Gasteiger charge is 2.43. The van der Waals surface area contributed by atoms with Gasteiger partial charge in [-0.25, -0.2) is 0 Å². The first-order chi connectivity index (χ1) is 8.73. The molecule has 98 valence electrons. The van der Waals surface area contributed by atoms with Gasteiger partial charge in [-0.1, -0.05) is 15.9 Å². The summed E-state index contributed by atoms with van der Waals surface area (Å²) in [5.74, 6) is 0.957. The summed E-state index contributed by atoms with van der Waals surface area (Å²) >= 11 is 3.55. The second kappa shape index (κ2) is 4.83. The number of benzene rings is 1. The Bertz CT molecular complexity index is 441. The smallest absolute Gasteiger partial charge is 0.122 e. The third-order valence-electron chi connectivity index (χ3n) is 3.80. The predicted octanol–water partition coefficient (Wildman–Crippen LogP) is 2.48. The summed E-state index contributed by atoms with van der Waals surface area (Å²) in [6.07, 6.45) is 2.62. The van der Waals surface area contributed by atoms with E-state index >= 15 is 0 Å². The van der Waals surface area contributed by atoms with Crippen molar-refractivity contribution in [1.82, 2.24) is 5.32 Å². The van der Waals surface area contributed by atoms with Crippen molar-refractivity contribution in [3.8, 4) is 5.75 Å². The van der Waals surface area contributed by atoms with Crippen molar-refractivity contribution >= 4 is 15.9 Å². The summed E-state index contributed by atoms with van der Waals surface area (Å²) in [5.41, 5.74) is 1.33. The van der Waals surface area contributed by atoms with Crippen molar-refractivity contribution in [2.75, 3.05) is 26.9 Å². The number of ether oxygens (including phenoxy) is 2. The molecule has 0 bridgehead atoms. The lowest BCUT2D eigenvalue weighted by atomic mass is 9.78. The largest absolute Gasteiger partial charge is 0.496 e. The Hall–Kier alpha value is -0.580. The maximum Gasteiger partial charge on any atom is 0.122 e. The van der Waals surface area contributed by atoms with E-state index in [-0.39, 0.29) is 5.41 Å². The summed E-state index contributed by atoms with van der Waals surface area (Å²) < 4.78 is 12.1. The molecule has 0 aromatic heterocycles. The van der Waals surface area contributed by atoms with Gasteiger partial charge in [-0.05, 0) is 31.0 Å². The Morgan fingerprint density at radius 1 is 1.44 bits per heavy atom. The summed E-state index contributed by atoms with van der Waals surface area (Å²) in [6, 6.07) is 6.93. The van der Waals surface area contributed by atoms with Crippen molar-refractivity contribution in [2.24, 2.45) is 0 Å². The second-order valence-electron chi connectivity index (χ2n) is 5.27. The van der Waals surface area contributed by atoms with Crippen LogP contribution in [0.3, 0.4) is 0 Å². The number of hydrogen-bond donors (Lipinski definition) is 1. The van der Waals surface area contributed by atoms with E-state index in [1.807, 2.05) is 12.1 Å². The highest BCUT2D eigenvalue weighted by molar-refractivity contribution is 9.10. The van der Waals surface area contributed by atoms with Crippen LogP contribution >= 0.6 is 15.9 Å². The zero-order chi connectivity index (χ0) is 12.6. The van der Waals surface area contributed by atoms with Gasteiger partial charge >= 0.3 is 0 Å². The molecule has 0 spiro atoms. The molecule has 0 unspecified atom stereocenters. The topological polar surface area (TPSA) is 30.5 Å². The summed E-state index contributed by atoms with van der Waals surface area (Å²) in [4.78, 5) is 0. The molecule has 0 atom stereocenters. The first-order valence-corrected chi connectivity index (χ1v) is 7.18. The molecule has 3 nitrogen and oxygen atoms in total. The predicted molar refractivity (Wildman–Crippen MR) is 74.2 cm³/mol. The Morgan fingerprint density at radius 2 is 2.22 bits per heavy atom. The highest BCUT2D eigenvalue weighted by atomic mass is 79.9. The maximum absolute atomic E-state index is 5.50.